The fraction of sp³-hybridized carbons (Fsp3) is 0. The Hall–Kier alpha value is -1.26. The van der Waals surface area contributed by atoms with Crippen molar-refractivity contribution in [3.8, 4) is 0 Å². The summed E-state index contributed by atoms with van der Waals surface area (Å²) in [5, 5.41) is 7.65. The van der Waals surface area contributed by atoms with Gasteiger partial charge >= 0.3 is 0 Å². The van der Waals surface area contributed by atoms with Gasteiger partial charge in [0.2, 0.25) is 0 Å². The van der Waals surface area contributed by atoms with Crippen molar-refractivity contribution in [1.29, 1.82) is 0 Å². The van der Waals surface area contributed by atoms with E-state index in [1.807, 2.05) is 30.3 Å². The van der Waals surface area contributed by atoms with Crippen LogP contribution in [0.5, 0.6) is 0 Å². The van der Waals surface area contributed by atoms with E-state index in [2.05, 4.69) is 10.2 Å². The number of rotatable bonds is 0. The van der Waals surface area contributed by atoms with E-state index in [0.717, 1.165) is 5.02 Å². The average Bonchev–Trinajstić information content (AvgIpc) is 2.72. The van der Waals surface area contributed by atoms with E-state index in [1.54, 1.807) is 6.08 Å². The molecule has 1 aliphatic heterocycles. The largest absolute Gasteiger partial charge is 0.210 e. The Kier molecular flexibility index (Phi) is 4.82. The minimum Gasteiger partial charge on any atom is -0.210 e. The van der Waals surface area contributed by atoms with E-state index in [0.29, 0.717) is 16.2 Å². The number of halogens is 1. The highest BCUT2D eigenvalue weighted by Crippen LogP contribution is 2.03. The molecule has 0 aliphatic carbocycles. The van der Waals surface area contributed by atoms with E-state index < -0.39 is 0 Å². The molecule has 0 saturated carbocycles. The van der Waals surface area contributed by atoms with E-state index in [4.69, 9.17) is 11.6 Å². The van der Waals surface area contributed by atoms with Crippen LogP contribution in [0.2, 0.25) is 5.02 Å². The Labute approximate surface area is 90.2 Å². The van der Waals surface area contributed by atoms with Gasteiger partial charge in [0.25, 0.3) is 0 Å². The molecule has 1 aliphatic rings. The average molecular weight is 227 g/mol. The lowest BCUT2D eigenvalue weighted by Crippen LogP contribution is -1.76. The molecule has 0 amide bonds. The van der Waals surface area contributed by atoms with Gasteiger partial charge in [-0.1, -0.05) is 29.8 Å². The van der Waals surface area contributed by atoms with Crippen LogP contribution in [0, 0.1) is 0 Å². The second-order valence-corrected chi connectivity index (χ2v) is 3.27. The van der Waals surface area contributed by atoms with E-state index >= 15 is 0 Å². The van der Waals surface area contributed by atoms with Crippen molar-refractivity contribution >= 4 is 27.8 Å². The van der Waals surface area contributed by atoms with Crippen LogP contribution in [-0.4, -0.2) is 9.20 Å². The second kappa shape index (κ2) is 6.23. The molecule has 1 aromatic carbocycles. The molecule has 0 fully saturated rings. The maximum absolute atomic E-state index is 9.81. The number of benzene rings is 1. The molecule has 14 heavy (non-hydrogen) atoms. The highest BCUT2D eigenvalue weighted by atomic mass is 35.5. The number of hydrogen-bond acceptors (Lipinski definition) is 2. The van der Waals surface area contributed by atoms with Crippen LogP contribution in [0.3, 0.4) is 0 Å². The quantitative estimate of drug-likeness (QED) is 0.627. The van der Waals surface area contributed by atoms with Crippen molar-refractivity contribution in [2.24, 2.45) is 10.2 Å². The van der Waals surface area contributed by atoms with Crippen LogP contribution in [0.4, 0.5) is 0 Å². The van der Waals surface area contributed by atoms with Crippen LogP contribution in [-0.2, 0) is 11.3 Å². The van der Waals surface area contributed by atoms with E-state index in [1.165, 1.54) is 6.20 Å². The number of nitrogens with zero attached hydrogens (tertiary/aromatic N) is 2. The summed E-state index contributed by atoms with van der Waals surface area (Å²) in [6, 6.07) is 9.44. The molecule has 0 spiro atoms. The van der Waals surface area contributed by atoms with Gasteiger partial charge in [-0.05, 0) is 18.2 Å². The third-order valence-electron chi connectivity index (χ3n) is 1.26. The molecule has 0 atom stereocenters. The fourth-order valence-corrected chi connectivity index (χ4v) is 1.02. The van der Waals surface area contributed by atoms with Gasteiger partial charge in [-0.3, -0.25) is 0 Å². The molecule has 72 valence electrons. The molecule has 0 aromatic heterocycles. The summed E-state index contributed by atoms with van der Waals surface area (Å²) >= 11 is 5.89. The molecule has 0 saturated heterocycles. The minimum absolute atomic E-state index is 0.352. The third-order valence-corrected chi connectivity index (χ3v) is 1.90. The summed E-state index contributed by atoms with van der Waals surface area (Å²) in [6.45, 7) is 0. The van der Waals surface area contributed by atoms with Crippen LogP contribution in [0.25, 0.3) is 0 Å². The van der Waals surface area contributed by atoms with Gasteiger partial charge in [0.1, 0.15) is 11.3 Å². The van der Waals surface area contributed by atoms with Gasteiger partial charge in [0.15, 0.2) is 4.99 Å². The second-order valence-electron chi connectivity index (χ2n) is 2.25. The Bertz CT molecular complexity index is 383. The molecule has 0 N–H and O–H groups in total. The summed E-state index contributed by atoms with van der Waals surface area (Å²) in [4.78, 5) is 0.431. The highest BCUT2D eigenvalue weighted by molar-refractivity contribution is 7.66. The summed E-state index contributed by atoms with van der Waals surface area (Å²) in [5.41, 5.74) is 0. The standard InChI is InChI=1S/C6H5Cl.C3H2N2OS/c7-6-4-2-1-3-5-6;6-7-3-1-2-4-5-3/h1-5H;1-2H. The fourth-order valence-electron chi connectivity index (χ4n) is 0.680. The van der Waals surface area contributed by atoms with Gasteiger partial charge in [0, 0.05) is 5.02 Å². The third kappa shape index (κ3) is 4.11. The van der Waals surface area contributed by atoms with Gasteiger partial charge in [-0.25, -0.2) is 4.21 Å². The molecule has 2 rings (SSSR count). The number of azo groups is 1. The monoisotopic (exact) mass is 226 g/mol. The Balaban J connectivity index is 0.000000140. The van der Waals surface area contributed by atoms with Crippen molar-refractivity contribution in [1.82, 2.24) is 0 Å². The van der Waals surface area contributed by atoms with Crippen LogP contribution >= 0.6 is 11.6 Å². The molecule has 0 radical (unpaired) electrons. The molecule has 1 aromatic rings. The zero-order chi connectivity index (χ0) is 10.2. The Morgan fingerprint density at radius 1 is 1.21 bits per heavy atom. The van der Waals surface area contributed by atoms with Crippen molar-refractivity contribution in [3.63, 3.8) is 0 Å². The highest BCUT2D eigenvalue weighted by Gasteiger charge is 1.90. The SMILES string of the molecule is Clc1ccccc1.O=S=C1C=CN=N1. The maximum atomic E-state index is 9.81. The van der Waals surface area contributed by atoms with Gasteiger partial charge in [-0.15, -0.1) is 5.11 Å². The summed E-state index contributed by atoms with van der Waals surface area (Å²) in [5.74, 6) is 0. The van der Waals surface area contributed by atoms with Crippen molar-refractivity contribution in [2.75, 3.05) is 0 Å². The topological polar surface area (TPSA) is 41.8 Å². The lowest BCUT2D eigenvalue weighted by Gasteiger charge is -1.80. The first-order valence-corrected chi connectivity index (χ1v) is 4.89. The maximum Gasteiger partial charge on any atom is 0.180 e. The Morgan fingerprint density at radius 3 is 2.21 bits per heavy atom. The van der Waals surface area contributed by atoms with Crippen molar-refractivity contribution < 1.29 is 4.21 Å². The zero-order valence-corrected chi connectivity index (χ0v) is 8.70. The first-order valence-electron chi connectivity index (χ1n) is 3.77. The number of hydrogen-bond donors (Lipinski definition) is 0. The predicted molar refractivity (Wildman–Crippen MR) is 58.6 cm³/mol. The normalized spacial score (nSPS) is 12.2. The van der Waals surface area contributed by atoms with Crippen LogP contribution in [0.15, 0.2) is 52.8 Å². The van der Waals surface area contributed by atoms with E-state index in [-0.39, 0.29) is 0 Å². The van der Waals surface area contributed by atoms with Gasteiger partial charge in [-0.2, -0.15) is 5.11 Å². The lowest BCUT2D eigenvalue weighted by atomic mass is 10.4. The first-order chi connectivity index (χ1) is 6.83. The molecular weight excluding hydrogens is 220 g/mol. The molecule has 0 unspecified atom stereocenters. The first kappa shape index (κ1) is 10.8. The van der Waals surface area contributed by atoms with E-state index in [9.17, 15) is 4.21 Å². The molecule has 0 bridgehead atoms. The van der Waals surface area contributed by atoms with Crippen LogP contribution in [0.1, 0.15) is 0 Å². The van der Waals surface area contributed by atoms with Crippen molar-refractivity contribution in [2.45, 2.75) is 0 Å². The zero-order valence-electron chi connectivity index (χ0n) is 7.13. The molecular formula is C9H7ClN2OS. The smallest absolute Gasteiger partial charge is 0.180 e. The Morgan fingerprint density at radius 2 is 1.93 bits per heavy atom. The molecule has 5 heteroatoms. The summed E-state index contributed by atoms with van der Waals surface area (Å²) < 4.78 is 9.81. The lowest BCUT2D eigenvalue weighted by molar-refractivity contribution is 0.701. The predicted octanol–water partition coefficient (Wildman–Crippen LogP) is 2.65. The molecule has 1 heterocycles. The van der Waals surface area contributed by atoms with Crippen molar-refractivity contribution in [3.05, 3.63) is 47.6 Å². The summed E-state index contributed by atoms with van der Waals surface area (Å²) in [7, 11) is 0. The van der Waals surface area contributed by atoms with Gasteiger partial charge in [0.05, 0.1) is 6.20 Å². The van der Waals surface area contributed by atoms with Crippen LogP contribution < -0.4 is 0 Å². The molecule has 3 nitrogen and oxygen atoms in total. The minimum atomic E-state index is 0.352. The van der Waals surface area contributed by atoms with Gasteiger partial charge < -0.3 is 0 Å². The summed E-state index contributed by atoms with van der Waals surface area (Å²) in [6.07, 6.45) is 3.05.